The molecule has 0 radical (unpaired) electrons. The first-order valence-corrected chi connectivity index (χ1v) is 6.64. The van der Waals surface area contributed by atoms with Crippen LogP contribution in [-0.2, 0) is 11.3 Å². The van der Waals surface area contributed by atoms with Crippen molar-refractivity contribution in [1.82, 2.24) is 5.32 Å². The first-order valence-electron chi connectivity index (χ1n) is 6.64. The molecule has 0 unspecified atom stereocenters. The molecule has 0 saturated carbocycles. The Kier molecular flexibility index (Phi) is 4.66. The number of hydrogen-bond donors (Lipinski definition) is 1. The fourth-order valence-corrected chi connectivity index (χ4v) is 1.97. The molecule has 21 heavy (non-hydrogen) atoms. The van der Waals surface area contributed by atoms with Crippen LogP contribution >= 0.6 is 0 Å². The summed E-state index contributed by atoms with van der Waals surface area (Å²) in [5.74, 6) is -0.456. The van der Waals surface area contributed by atoms with E-state index in [0.717, 1.165) is 11.1 Å². The predicted octanol–water partition coefficient (Wildman–Crippen LogP) is 3.01. The molecule has 0 heterocycles. The average molecular weight is 284 g/mol. The smallest absolute Gasteiger partial charge is 0.269 e. The molecule has 2 aromatic rings. The van der Waals surface area contributed by atoms with Gasteiger partial charge in [-0.2, -0.15) is 0 Å². The first kappa shape index (κ1) is 14.7. The number of nitrogens with one attached hydrogen (secondary N) is 1. The second kappa shape index (κ2) is 6.65. The summed E-state index contributed by atoms with van der Waals surface area (Å²) in [6.45, 7) is 2.25. The molecule has 0 aliphatic rings. The van der Waals surface area contributed by atoms with Crippen LogP contribution in [0.3, 0.4) is 0 Å². The van der Waals surface area contributed by atoms with Crippen molar-refractivity contribution in [2.24, 2.45) is 0 Å². The van der Waals surface area contributed by atoms with Gasteiger partial charge in [0.05, 0.1) is 10.8 Å². The second-order valence-corrected chi connectivity index (χ2v) is 4.77. The van der Waals surface area contributed by atoms with Crippen LogP contribution in [0.5, 0.6) is 0 Å². The molecule has 2 rings (SSSR count). The molecule has 0 spiro atoms. The Balaban J connectivity index is 1.97. The molecule has 2 aromatic carbocycles. The van der Waals surface area contributed by atoms with Gasteiger partial charge in [-0.3, -0.25) is 14.9 Å². The van der Waals surface area contributed by atoms with Crippen LogP contribution in [0.4, 0.5) is 5.69 Å². The molecule has 0 aliphatic heterocycles. The van der Waals surface area contributed by atoms with Crippen LogP contribution in [0.1, 0.15) is 24.0 Å². The number of nitrogens with zero attached hydrogens (tertiary/aromatic N) is 1. The van der Waals surface area contributed by atoms with Gasteiger partial charge in [-0.1, -0.05) is 42.5 Å². The van der Waals surface area contributed by atoms with E-state index in [1.165, 1.54) is 12.1 Å². The Morgan fingerprint density at radius 1 is 1.14 bits per heavy atom. The summed E-state index contributed by atoms with van der Waals surface area (Å²) in [6.07, 6.45) is 0. The maximum Gasteiger partial charge on any atom is 0.269 e. The maximum absolute atomic E-state index is 12.1. The Morgan fingerprint density at radius 3 is 2.33 bits per heavy atom. The number of nitro groups is 1. The van der Waals surface area contributed by atoms with Crippen LogP contribution in [0.2, 0.25) is 0 Å². The van der Waals surface area contributed by atoms with Crippen LogP contribution in [-0.4, -0.2) is 10.8 Å². The third-order valence-electron chi connectivity index (χ3n) is 3.31. The van der Waals surface area contributed by atoms with Gasteiger partial charge in [-0.05, 0) is 18.1 Å². The minimum atomic E-state index is -0.454. The van der Waals surface area contributed by atoms with E-state index in [9.17, 15) is 14.9 Å². The molecule has 1 N–H and O–H groups in total. The highest BCUT2D eigenvalue weighted by molar-refractivity contribution is 5.83. The summed E-state index contributed by atoms with van der Waals surface area (Å²) >= 11 is 0. The van der Waals surface area contributed by atoms with Gasteiger partial charge >= 0.3 is 0 Å². The lowest BCUT2D eigenvalue weighted by molar-refractivity contribution is -0.384. The van der Waals surface area contributed by atoms with Gasteiger partial charge in [0, 0.05) is 18.7 Å². The van der Waals surface area contributed by atoms with Gasteiger partial charge < -0.3 is 5.32 Å². The average Bonchev–Trinajstić information content (AvgIpc) is 2.53. The molecule has 5 nitrogen and oxygen atoms in total. The Labute approximate surface area is 122 Å². The summed E-state index contributed by atoms with van der Waals surface area (Å²) in [4.78, 5) is 22.2. The van der Waals surface area contributed by atoms with Crippen molar-refractivity contribution in [3.8, 4) is 0 Å². The zero-order chi connectivity index (χ0) is 15.2. The summed E-state index contributed by atoms with van der Waals surface area (Å²) < 4.78 is 0. The molecule has 108 valence electrons. The molecular weight excluding hydrogens is 268 g/mol. The quantitative estimate of drug-likeness (QED) is 0.677. The van der Waals surface area contributed by atoms with E-state index in [2.05, 4.69) is 5.32 Å². The molecule has 0 aromatic heterocycles. The van der Waals surface area contributed by atoms with Crippen molar-refractivity contribution in [2.45, 2.75) is 19.4 Å². The van der Waals surface area contributed by atoms with E-state index in [1.54, 1.807) is 19.1 Å². The summed E-state index contributed by atoms with van der Waals surface area (Å²) in [6, 6.07) is 15.7. The van der Waals surface area contributed by atoms with Gasteiger partial charge in [0.15, 0.2) is 0 Å². The molecule has 0 bridgehead atoms. The van der Waals surface area contributed by atoms with E-state index < -0.39 is 4.92 Å². The number of rotatable bonds is 5. The van der Waals surface area contributed by atoms with Crippen LogP contribution < -0.4 is 5.32 Å². The third-order valence-corrected chi connectivity index (χ3v) is 3.31. The molecule has 0 saturated heterocycles. The van der Waals surface area contributed by atoms with E-state index >= 15 is 0 Å². The number of carbonyl (C=O) groups is 1. The standard InChI is InChI=1S/C16H16N2O3/c1-12(14-7-9-15(10-8-14)18(20)21)16(19)17-11-13-5-3-2-4-6-13/h2-10,12H,11H2,1H3,(H,17,19)/t12-/m1/s1. The van der Waals surface area contributed by atoms with Crippen molar-refractivity contribution < 1.29 is 9.72 Å². The van der Waals surface area contributed by atoms with Crippen LogP contribution in [0.25, 0.3) is 0 Å². The van der Waals surface area contributed by atoms with Gasteiger partial charge in [-0.25, -0.2) is 0 Å². The largest absolute Gasteiger partial charge is 0.352 e. The van der Waals surface area contributed by atoms with Gasteiger partial charge in [0.1, 0.15) is 0 Å². The predicted molar refractivity (Wildman–Crippen MR) is 79.8 cm³/mol. The molecule has 0 aliphatic carbocycles. The number of non-ortho nitro benzene ring substituents is 1. The number of nitro benzene ring substituents is 1. The lowest BCUT2D eigenvalue weighted by Crippen LogP contribution is -2.27. The van der Waals surface area contributed by atoms with Crippen molar-refractivity contribution in [1.29, 1.82) is 0 Å². The topological polar surface area (TPSA) is 72.2 Å². The molecule has 5 heteroatoms. The van der Waals surface area contributed by atoms with Crippen LogP contribution in [0, 0.1) is 10.1 Å². The van der Waals surface area contributed by atoms with Gasteiger partial charge in [0.25, 0.3) is 5.69 Å². The van der Waals surface area contributed by atoms with Gasteiger partial charge in [-0.15, -0.1) is 0 Å². The SMILES string of the molecule is C[C@@H](C(=O)NCc1ccccc1)c1ccc([N+](=O)[O-])cc1. The van der Waals surface area contributed by atoms with Crippen molar-refractivity contribution >= 4 is 11.6 Å². The molecule has 1 amide bonds. The van der Waals surface area contributed by atoms with E-state index in [4.69, 9.17) is 0 Å². The van der Waals surface area contributed by atoms with Crippen molar-refractivity contribution in [3.63, 3.8) is 0 Å². The minimum absolute atomic E-state index is 0.0237. The van der Waals surface area contributed by atoms with E-state index in [1.807, 2.05) is 30.3 Å². The summed E-state index contributed by atoms with van der Waals surface area (Å²) in [5, 5.41) is 13.5. The van der Waals surface area contributed by atoms with Crippen molar-refractivity contribution in [3.05, 3.63) is 75.8 Å². The van der Waals surface area contributed by atoms with Crippen molar-refractivity contribution in [2.75, 3.05) is 0 Å². The van der Waals surface area contributed by atoms with Crippen LogP contribution in [0.15, 0.2) is 54.6 Å². The van der Waals surface area contributed by atoms with Gasteiger partial charge in [0.2, 0.25) is 5.91 Å². The maximum atomic E-state index is 12.1. The number of benzene rings is 2. The lowest BCUT2D eigenvalue weighted by atomic mass is 10.00. The molecule has 1 atom stereocenters. The summed E-state index contributed by atoms with van der Waals surface area (Å²) in [5.41, 5.74) is 1.81. The zero-order valence-corrected chi connectivity index (χ0v) is 11.7. The highest BCUT2D eigenvalue weighted by Crippen LogP contribution is 2.19. The minimum Gasteiger partial charge on any atom is -0.352 e. The zero-order valence-electron chi connectivity index (χ0n) is 11.7. The number of amides is 1. The monoisotopic (exact) mass is 284 g/mol. The fourth-order valence-electron chi connectivity index (χ4n) is 1.97. The number of carbonyl (C=O) groups excluding carboxylic acids is 1. The Morgan fingerprint density at radius 2 is 1.76 bits per heavy atom. The molecule has 0 fully saturated rings. The molecular formula is C16H16N2O3. The highest BCUT2D eigenvalue weighted by atomic mass is 16.6. The van der Waals surface area contributed by atoms with E-state index in [-0.39, 0.29) is 17.5 Å². The van der Waals surface area contributed by atoms with E-state index in [0.29, 0.717) is 6.54 Å². The second-order valence-electron chi connectivity index (χ2n) is 4.77. The number of hydrogen-bond acceptors (Lipinski definition) is 3. The Bertz CT molecular complexity index is 624. The third kappa shape index (κ3) is 3.89. The fraction of sp³-hybridized carbons (Fsp3) is 0.188. The lowest BCUT2D eigenvalue weighted by Gasteiger charge is -2.12. The first-order chi connectivity index (χ1) is 10.1. The highest BCUT2D eigenvalue weighted by Gasteiger charge is 2.16. The Hall–Kier alpha value is -2.69. The normalized spacial score (nSPS) is 11.7. The summed E-state index contributed by atoms with van der Waals surface area (Å²) in [7, 11) is 0.